The van der Waals surface area contributed by atoms with Gasteiger partial charge < -0.3 is 9.14 Å². The van der Waals surface area contributed by atoms with Gasteiger partial charge in [-0.1, -0.05) is 0 Å². The van der Waals surface area contributed by atoms with Crippen LogP contribution in [0, 0.1) is 0 Å². The fourth-order valence-corrected chi connectivity index (χ4v) is 0.933. The van der Waals surface area contributed by atoms with Gasteiger partial charge in [-0.2, -0.15) is 0 Å². The summed E-state index contributed by atoms with van der Waals surface area (Å²) in [4.78, 5) is 0. The molecule has 0 aromatic rings. The Morgan fingerprint density at radius 2 is 2.00 bits per heavy atom. The standard InChI is InChI=1S/B4H7O2P/c1-6-4-7(2,3)5/h4H,1-3H2. The van der Waals surface area contributed by atoms with Crippen LogP contribution in [0.5, 0.6) is 0 Å². The molecule has 0 spiro atoms. The van der Waals surface area contributed by atoms with Crippen LogP contribution in [0.15, 0.2) is 0 Å². The van der Waals surface area contributed by atoms with E-state index in [1.165, 1.54) is 0 Å². The average molecular weight is 113 g/mol. The fourth-order valence-electron chi connectivity index (χ4n) is 0.311. The van der Waals surface area contributed by atoms with Crippen molar-refractivity contribution in [3.63, 3.8) is 0 Å². The second kappa shape index (κ2) is 2.68. The van der Waals surface area contributed by atoms with E-state index in [1.807, 2.05) is 0 Å². The van der Waals surface area contributed by atoms with Crippen molar-refractivity contribution >= 4 is 37.2 Å². The van der Waals surface area contributed by atoms with Crippen LogP contribution >= 0.6 is 6.78 Å². The Hall–Kier alpha value is 0.450. The monoisotopic (exact) mass is 114 g/mol. The molecule has 2 nitrogen and oxygen atoms in total. The second-order valence-corrected chi connectivity index (χ2v) is 5.40. The Labute approximate surface area is 47.2 Å². The van der Waals surface area contributed by atoms with E-state index < -0.39 is 6.78 Å². The zero-order valence-corrected chi connectivity index (χ0v) is 5.87. The van der Waals surface area contributed by atoms with Crippen molar-refractivity contribution in [3.05, 3.63) is 0 Å². The molecule has 0 amide bonds. The Morgan fingerprint density at radius 1 is 1.57 bits per heavy atom. The van der Waals surface area contributed by atoms with E-state index >= 15 is 0 Å². The van der Waals surface area contributed by atoms with Crippen LogP contribution in [0.1, 0.15) is 0 Å². The molecule has 0 aliphatic heterocycles. The fraction of sp³-hybridized carbons (Fsp3) is 0. The lowest BCUT2D eigenvalue weighted by molar-refractivity contribution is 0.594. The summed E-state index contributed by atoms with van der Waals surface area (Å²) in [6.07, 6.45) is 0. The van der Waals surface area contributed by atoms with Gasteiger partial charge in [0.2, 0.25) is 8.05 Å². The van der Waals surface area contributed by atoms with E-state index in [9.17, 15) is 4.57 Å². The van der Waals surface area contributed by atoms with Gasteiger partial charge in [0.15, 0.2) is 15.1 Å². The molecule has 0 atom stereocenters. The minimum atomic E-state index is -1.89. The van der Waals surface area contributed by atoms with E-state index in [0.29, 0.717) is 7.20 Å². The maximum Gasteiger partial charge on any atom is 0.308 e. The van der Waals surface area contributed by atoms with Gasteiger partial charge >= 0.3 is 7.20 Å². The zero-order chi connectivity index (χ0) is 5.91. The van der Waals surface area contributed by atoms with Crippen molar-refractivity contribution in [3.8, 4) is 0 Å². The summed E-state index contributed by atoms with van der Waals surface area (Å²) in [6, 6.07) is 0. The highest BCUT2D eigenvalue weighted by Gasteiger charge is 2.06. The predicted octanol–water partition coefficient (Wildman–Crippen LogP) is -2.72. The summed E-state index contributed by atoms with van der Waals surface area (Å²) < 4.78 is 15.3. The molecule has 0 radical (unpaired) electrons. The van der Waals surface area contributed by atoms with Crippen molar-refractivity contribution in [2.45, 2.75) is 0 Å². The molecular formula is H7B4O2P. The highest BCUT2D eigenvalue weighted by Crippen LogP contribution is 2.29. The lowest BCUT2D eigenvalue weighted by atomic mass is 10.4. The Balaban J connectivity index is 3.36. The molecule has 7 heavy (non-hydrogen) atoms. The second-order valence-electron chi connectivity index (χ2n) is 1.99. The van der Waals surface area contributed by atoms with Gasteiger partial charge in [0.05, 0.1) is 0 Å². The summed E-state index contributed by atoms with van der Waals surface area (Å²) >= 11 is 0. The first-order chi connectivity index (χ1) is 3.06. The molecule has 0 rings (SSSR count). The molecule has 0 aromatic carbocycles. The van der Waals surface area contributed by atoms with Crippen molar-refractivity contribution in [1.82, 2.24) is 0 Å². The molecule has 36 valence electrons. The molecule has 0 aromatic heterocycles. The van der Waals surface area contributed by atoms with E-state index in [4.69, 9.17) is 0 Å². The molecule has 0 aliphatic carbocycles. The van der Waals surface area contributed by atoms with Crippen LogP contribution in [0.2, 0.25) is 0 Å². The van der Waals surface area contributed by atoms with Crippen LogP contribution in [0.4, 0.5) is 0 Å². The van der Waals surface area contributed by atoms with Crippen molar-refractivity contribution in [1.29, 1.82) is 0 Å². The SMILES string of the molecule is BOBP(B)(B)=O. The van der Waals surface area contributed by atoms with Gasteiger partial charge in [0.25, 0.3) is 0 Å². The predicted molar refractivity (Wildman–Crippen MR) is 41.5 cm³/mol. The van der Waals surface area contributed by atoms with Crippen LogP contribution in [-0.4, -0.2) is 30.4 Å². The Morgan fingerprint density at radius 3 is 2.00 bits per heavy atom. The average Bonchev–Trinajstić information content (AvgIpc) is 1.30. The van der Waals surface area contributed by atoms with Gasteiger partial charge in [0, 0.05) is 6.78 Å². The molecule has 7 heteroatoms. The number of hydrogen-bond donors (Lipinski definition) is 0. The normalized spacial score (nSPS) is 10.9. The van der Waals surface area contributed by atoms with Crippen molar-refractivity contribution in [2.75, 3.05) is 0 Å². The van der Waals surface area contributed by atoms with E-state index in [2.05, 4.69) is 4.57 Å². The Kier molecular flexibility index (Phi) is 2.86. The number of rotatable bonds is 2. The first-order valence-corrected chi connectivity index (χ1v) is 4.88. The maximum absolute atomic E-state index is 10.7. The smallest absolute Gasteiger partial charge is 0.308 e. The summed E-state index contributed by atoms with van der Waals surface area (Å²) in [6.45, 7) is -1.89. The Bertz CT molecular complexity index is 83.7. The van der Waals surface area contributed by atoms with Gasteiger partial charge in [-0.25, -0.2) is 0 Å². The van der Waals surface area contributed by atoms with E-state index in [0.717, 1.165) is 0 Å². The molecule has 0 aliphatic rings. The molecule has 0 saturated heterocycles. The lowest BCUT2D eigenvalue weighted by Crippen LogP contribution is -1.96. The van der Waals surface area contributed by atoms with Crippen LogP contribution in [-0.2, 0) is 9.14 Å². The summed E-state index contributed by atoms with van der Waals surface area (Å²) in [5.74, 6) is 0. The third-order valence-electron chi connectivity index (χ3n) is 0.440. The first-order valence-electron chi connectivity index (χ1n) is 2.09. The molecule has 0 fully saturated rings. The summed E-state index contributed by atoms with van der Waals surface area (Å²) in [5.41, 5.74) is 0. The molecule has 0 unspecified atom stereocenters. The van der Waals surface area contributed by atoms with Crippen molar-refractivity contribution < 1.29 is 9.14 Å². The first kappa shape index (κ1) is 7.45. The minimum absolute atomic E-state index is 0.396. The highest BCUT2D eigenvalue weighted by molar-refractivity contribution is 8.23. The highest BCUT2D eigenvalue weighted by atomic mass is 31.2. The quantitative estimate of drug-likeness (QED) is 0.287. The van der Waals surface area contributed by atoms with Crippen LogP contribution in [0.3, 0.4) is 0 Å². The van der Waals surface area contributed by atoms with Crippen LogP contribution < -0.4 is 0 Å². The summed E-state index contributed by atoms with van der Waals surface area (Å²) in [5, 5.41) is 0. The van der Waals surface area contributed by atoms with Gasteiger partial charge in [-0.15, -0.1) is 0 Å². The van der Waals surface area contributed by atoms with Crippen LogP contribution in [0.25, 0.3) is 0 Å². The molecule has 0 bridgehead atoms. The topological polar surface area (TPSA) is 26.3 Å². The lowest BCUT2D eigenvalue weighted by Gasteiger charge is -1.98. The third-order valence-corrected chi connectivity index (χ3v) is 1.32. The molecule has 0 saturated carbocycles. The minimum Gasteiger partial charge on any atom is -0.502 e. The third kappa shape index (κ3) is 6.45. The molecule has 0 heterocycles. The molecular weight excluding hydrogens is 106 g/mol. The number of hydrogen-bond acceptors (Lipinski definition) is 2. The van der Waals surface area contributed by atoms with Gasteiger partial charge in [-0.05, 0) is 0 Å². The largest absolute Gasteiger partial charge is 0.502 e. The van der Waals surface area contributed by atoms with Gasteiger partial charge in [-0.3, -0.25) is 0 Å². The maximum atomic E-state index is 10.7. The van der Waals surface area contributed by atoms with Crippen molar-refractivity contribution in [2.24, 2.45) is 0 Å². The zero-order valence-electron chi connectivity index (χ0n) is 4.97. The molecule has 0 N–H and O–H groups in total. The van der Waals surface area contributed by atoms with Gasteiger partial charge in [0.1, 0.15) is 0 Å². The van der Waals surface area contributed by atoms with E-state index in [-0.39, 0.29) is 0 Å². The summed E-state index contributed by atoms with van der Waals surface area (Å²) in [7, 11) is 5.36. The van der Waals surface area contributed by atoms with E-state index in [1.54, 1.807) is 23.2 Å².